The van der Waals surface area contributed by atoms with Crippen LogP contribution in [0.4, 0.5) is 0 Å². The molecule has 5 nitrogen and oxygen atoms in total. The lowest BCUT2D eigenvalue weighted by Crippen LogP contribution is -2.62. The standard InChI is InChI=1S/C10H15NO4/c1-15-9(14)10(8(12)13)6-11-4-2-7(10)3-5-11/h7H,2-6H2,1H3,(H,12,13). The highest BCUT2D eigenvalue weighted by Crippen LogP contribution is 2.43. The minimum atomic E-state index is -1.31. The highest BCUT2D eigenvalue weighted by atomic mass is 16.5. The molecule has 3 fully saturated rings. The van der Waals surface area contributed by atoms with Gasteiger partial charge < -0.3 is 14.7 Å². The molecule has 0 aromatic heterocycles. The van der Waals surface area contributed by atoms with Crippen LogP contribution in [0.2, 0.25) is 0 Å². The van der Waals surface area contributed by atoms with E-state index in [2.05, 4.69) is 4.74 Å². The number of hydrogen-bond donors (Lipinski definition) is 1. The molecular weight excluding hydrogens is 198 g/mol. The van der Waals surface area contributed by atoms with Gasteiger partial charge in [-0.2, -0.15) is 0 Å². The maximum absolute atomic E-state index is 11.7. The van der Waals surface area contributed by atoms with Crippen molar-refractivity contribution in [2.24, 2.45) is 11.3 Å². The Balaban J connectivity index is 2.34. The Morgan fingerprint density at radius 1 is 1.40 bits per heavy atom. The van der Waals surface area contributed by atoms with E-state index in [9.17, 15) is 14.7 Å². The predicted octanol–water partition coefficient (Wildman–Crippen LogP) is -0.0440. The molecular formula is C10H15NO4. The van der Waals surface area contributed by atoms with Crippen LogP contribution in [0.1, 0.15) is 12.8 Å². The second kappa shape index (κ2) is 3.48. The molecule has 1 N–H and O–H groups in total. The fourth-order valence-electron chi connectivity index (χ4n) is 2.81. The average Bonchev–Trinajstić information content (AvgIpc) is 2.28. The highest BCUT2D eigenvalue weighted by Gasteiger charge is 2.58. The van der Waals surface area contributed by atoms with E-state index >= 15 is 0 Å². The molecule has 0 aromatic rings. The van der Waals surface area contributed by atoms with Crippen molar-refractivity contribution in [3.63, 3.8) is 0 Å². The molecule has 0 aliphatic carbocycles. The summed E-state index contributed by atoms with van der Waals surface area (Å²) in [7, 11) is 1.25. The van der Waals surface area contributed by atoms with Crippen molar-refractivity contribution >= 4 is 11.9 Å². The number of ether oxygens (including phenoxy) is 1. The van der Waals surface area contributed by atoms with Crippen LogP contribution in [0.15, 0.2) is 0 Å². The molecule has 5 heteroatoms. The molecule has 0 aromatic carbocycles. The monoisotopic (exact) mass is 213 g/mol. The Kier molecular flexibility index (Phi) is 2.42. The summed E-state index contributed by atoms with van der Waals surface area (Å²) < 4.78 is 4.66. The van der Waals surface area contributed by atoms with E-state index in [1.807, 2.05) is 4.90 Å². The minimum absolute atomic E-state index is 0.0625. The van der Waals surface area contributed by atoms with Crippen LogP contribution in [0.5, 0.6) is 0 Å². The van der Waals surface area contributed by atoms with Crippen LogP contribution in [0.25, 0.3) is 0 Å². The van der Waals surface area contributed by atoms with Crippen molar-refractivity contribution in [1.29, 1.82) is 0 Å². The van der Waals surface area contributed by atoms with Gasteiger partial charge in [-0.05, 0) is 31.8 Å². The molecule has 2 bridgehead atoms. The Bertz CT molecular complexity index is 296. The van der Waals surface area contributed by atoms with Gasteiger partial charge in [0, 0.05) is 6.54 Å². The van der Waals surface area contributed by atoms with E-state index in [4.69, 9.17) is 0 Å². The van der Waals surface area contributed by atoms with Crippen molar-refractivity contribution in [3.05, 3.63) is 0 Å². The summed E-state index contributed by atoms with van der Waals surface area (Å²) in [6.07, 6.45) is 1.56. The van der Waals surface area contributed by atoms with Crippen LogP contribution in [0, 0.1) is 11.3 Å². The SMILES string of the molecule is COC(=O)C1(C(=O)O)CN2CCC1CC2. The van der Waals surface area contributed by atoms with Crippen LogP contribution >= 0.6 is 0 Å². The number of carboxylic acids is 1. The molecule has 3 rings (SSSR count). The summed E-state index contributed by atoms with van der Waals surface area (Å²) in [6, 6.07) is 0. The quantitative estimate of drug-likeness (QED) is 0.515. The van der Waals surface area contributed by atoms with E-state index < -0.39 is 17.4 Å². The first-order valence-corrected chi connectivity index (χ1v) is 5.15. The number of esters is 1. The summed E-state index contributed by atoms with van der Waals surface area (Å²) in [6.45, 7) is 2.10. The summed E-state index contributed by atoms with van der Waals surface area (Å²) in [4.78, 5) is 25.1. The Morgan fingerprint density at radius 2 is 2.00 bits per heavy atom. The van der Waals surface area contributed by atoms with Gasteiger partial charge in [0.25, 0.3) is 0 Å². The van der Waals surface area contributed by atoms with E-state index in [0.29, 0.717) is 6.54 Å². The fraction of sp³-hybridized carbons (Fsp3) is 0.800. The summed E-state index contributed by atoms with van der Waals surface area (Å²) >= 11 is 0. The average molecular weight is 213 g/mol. The van der Waals surface area contributed by atoms with Gasteiger partial charge in [0.1, 0.15) is 0 Å². The van der Waals surface area contributed by atoms with Gasteiger partial charge in [0.15, 0.2) is 5.41 Å². The number of fused-ring (bicyclic) bond motifs is 3. The van der Waals surface area contributed by atoms with Crippen molar-refractivity contribution in [1.82, 2.24) is 4.90 Å². The number of methoxy groups -OCH3 is 1. The summed E-state index contributed by atoms with van der Waals surface area (Å²) in [5.41, 5.74) is -1.31. The normalized spacial score (nSPS) is 38.7. The number of hydrogen-bond acceptors (Lipinski definition) is 4. The van der Waals surface area contributed by atoms with E-state index in [1.54, 1.807) is 0 Å². The lowest BCUT2D eigenvalue weighted by Gasteiger charge is -2.48. The number of nitrogens with zero attached hydrogens (tertiary/aromatic N) is 1. The molecule has 0 radical (unpaired) electrons. The van der Waals surface area contributed by atoms with Crippen molar-refractivity contribution in [2.75, 3.05) is 26.7 Å². The number of carbonyl (C=O) groups excluding carboxylic acids is 1. The number of carboxylic acid groups (broad SMARTS) is 1. The Morgan fingerprint density at radius 3 is 2.33 bits per heavy atom. The predicted molar refractivity (Wildman–Crippen MR) is 51.2 cm³/mol. The van der Waals surface area contributed by atoms with Crippen LogP contribution in [-0.4, -0.2) is 48.7 Å². The zero-order valence-corrected chi connectivity index (χ0v) is 8.73. The molecule has 1 atom stereocenters. The van der Waals surface area contributed by atoms with Gasteiger partial charge in [-0.15, -0.1) is 0 Å². The Labute approximate surface area is 88.0 Å². The Hall–Kier alpha value is -1.10. The smallest absolute Gasteiger partial charge is 0.324 e. The second-order valence-electron chi connectivity index (χ2n) is 4.32. The molecule has 3 aliphatic rings. The molecule has 3 aliphatic heterocycles. The molecule has 84 valence electrons. The third-order valence-electron chi connectivity index (χ3n) is 3.69. The summed E-state index contributed by atoms with van der Waals surface area (Å²) in [5.74, 6) is -1.69. The van der Waals surface area contributed by atoms with Crippen molar-refractivity contribution < 1.29 is 19.4 Å². The molecule has 1 unspecified atom stereocenters. The van der Waals surface area contributed by atoms with Gasteiger partial charge in [0.05, 0.1) is 7.11 Å². The van der Waals surface area contributed by atoms with Crippen LogP contribution in [0.3, 0.4) is 0 Å². The first-order chi connectivity index (χ1) is 7.11. The van der Waals surface area contributed by atoms with Gasteiger partial charge >= 0.3 is 11.9 Å². The zero-order valence-electron chi connectivity index (χ0n) is 8.73. The highest BCUT2D eigenvalue weighted by molar-refractivity contribution is 6.00. The van der Waals surface area contributed by atoms with Crippen molar-refractivity contribution in [3.8, 4) is 0 Å². The first-order valence-electron chi connectivity index (χ1n) is 5.15. The largest absolute Gasteiger partial charge is 0.480 e. The lowest BCUT2D eigenvalue weighted by molar-refractivity contribution is -0.181. The minimum Gasteiger partial charge on any atom is -0.480 e. The van der Waals surface area contributed by atoms with Crippen LogP contribution < -0.4 is 0 Å². The first kappa shape index (κ1) is 10.4. The number of rotatable bonds is 2. The van der Waals surface area contributed by atoms with Gasteiger partial charge in [0.2, 0.25) is 0 Å². The molecule has 0 amide bonds. The molecule has 15 heavy (non-hydrogen) atoms. The molecule has 3 heterocycles. The molecule has 3 saturated heterocycles. The summed E-state index contributed by atoms with van der Waals surface area (Å²) in [5, 5.41) is 9.28. The molecule has 0 spiro atoms. The van der Waals surface area contributed by atoms with E-state index in [1.165, 1.54) is 7.11 Å². The van der Waals surface area contributed by atoms with Gasteiger partial charge in [-0.25, -0.2) is 0 Å². The molecule has 0 saturated carbocycles. The third-order valence-corrected chi connectivity index (χ3v) is 3.69. The topological polar surface area (TPSA) is 66.8 Å². The maximum Gasteiger partial charge on any atom is 0.324 e. The zero-order chi connectivity index (χ0) is 11.1. The second-order valence-corrected chi connectivity index (χ2v) is 4.32. The van der Waals surface area contributed by atoms with Crippen molar-refractivity contribution in [2.45, 2.75) is 12.8 Å². The maximum atomic E-state index is 11.7. The van der Waals surface area contributed by atoms with E-state index in [-0.39, 0.29) is 5.92 Å². The number of aliphatic carboxylic acids is 1. The van der Waals surface area contributed by atoms with Gasteiger partial charge in [-0.3, -0.25) is 9.59 Å². The van der Waals surface area contributed by atoms with E-state index in [0.717, 1.165) is 25.9 Å². The lowest BCUT2D eigenvalue weighted by atomic mass is 9.66. The fourth-order valence-corrected chi connectivity index (χ4v) is 2.81. The van der Waals surface area contributed by atoms with Crippen LogP contribution in [-0.2, 0) is 14.3 Å². The number of piperidine rings is 3. The number of carbonyl (C=O) groups is 2. The third kappa shape index (κ3) is 1.33. The van der Waals surface area contributed by atoms with Gasteiger partial charge in [-0.1, -0.05) is 0 Å².